The van der Waals surface area contributed by atoms with Crippen LogP contribution in [0.2, 0.25) is 10.0 Å². The number of nitrogens with one attached hydrogen (secondary N) is 1. The molecule has 0 unspecified atom stereocenters. The fourth-order valence-electron chi connectivity index (χ4n) is 3.03. The lowest BCUT2D eigenvalue weighted by atomic mass is 10.0. The van der Waals surface area contributed by atoms with Crippen LogP contribution in [0.3, 0.4) is 0 Å². The number of amides is 1. The molecule has 0 saturated carbocycles. The smallest absolute Gasteiger partial charge is 0.280 e. The second-order valence-electron chi connectivity index (χ2n) is 6.50. The van der Waals surface area contributed by atoms with Gasteiger partial charge in [-0.25, -0.2) is 0 Å². The van der Waals surface area contributed by atoms with Crippen LogP contribution in [0.5, 0.6) is 0 Å². The van der Waals surface area contributed by atoms with Gasteiger partial charge in [0.05, 0.1) is 4.90 Å². The zero-order valence-electron chi connectivity index (χ0n) is 15.4. The first-order chi connectivity index (χ1) is 14.3. The fraction of sp³-hybridized carbons (Fsp3) is 0.0476. The number of sulfonamides is 1. The number of fused-ring (bicyclic) bond motifs is 1. The van der Waals surface area contributed by atoms with Gasteiger partial charge >= 0.3 is 0 Å². The van der Waals surface area contributed by atoms with Crippen molar-refractivity contribution in [3.63, 3.8) is 0 Å². The van der Waals surface area contributed by atoms with E-state index in [-0.39, 0.29) is 4.90 Å². The van der Waals surface area contributed by atoms with Crippen molar-refractivity contribution >= 4 is 50.5 Å². The van der Waals surface area contributed by atoms with Gasteiger partial charge in [0.15, 0.2) is 0 Å². The summed E-state index contributed by atoms with van der Waals surface area (Å²) in [6.07, 6.45) is 0. The van der Waals surface area contributed by atoms with Gasteiger partial charge in [-0.2, -0.15) is 17.9 Å². The fourth-order valence-corrected chi connectivity index (χ4v) is 4.71. The number of halogens is 2. The van der Waals surface area contributed by atoms with Crippen molar-refractivity contribution in [1.82, 2.24) is 4.41 Å². The van der Waals surface area contributed by atoms with Gasteiger partial charge in [0.1, 0.15) is 12.3 Å². The summed E-state index contributed by atoms with van der Waals surface area (Å²) in [6.45, 7) is -0.483. The number of hydrazone groups is 1. The molecule has 0 bridgehead atoms. The molecule has 0 fully saturated rings. The molecule has 0 spiro atoms. The summed E-state index contributed by atoms with van der Waals surface area (Å²) in [7, 11) is -4.03. The molecule has 0 aliphatic carbocycles. The van der Waals surface area contributed by atoms with E-state index in [0.29, 0.717) is 32.6 Å². The first kappa shape index (κ1) is 20.4. The normalized spacial score (nSPS) is 14.6. The molecule has 1 amide bonds. The van der Waals surface area contributed by atoms with E-state index in [1.54, 1.807) is 30.3 Å². The Hall–Kier alpha value is -2.87. The minimum atomic E-state index is -4.03. The summed E-state index contributed by atoms with van der Waals surface area (Å²) in [6, 6.07) is 20.1. The van der Waals surface area contributed by atoms with Gasteiger partial charge in [0.2, 0.25) is 5.91 Å². The van der Waals surface area contributed by atoms with E-state index in [2.05, 4.69) is 10.4 Å². The molecule has 152 valence electrons. The lowest BCUT2D eigenvalue weighted by Gasteiger charge is -2.27. The summed E-state index contributed by atoms with van der Waals surface area (Å²) < 4.78 is 27.0. The summed E-state index contributed by atoms with van der Waals surface area (Å²) in [5.41, 5.74) is 2.02. The molecule has 0 radical (unpaired) electrons. The molecule has 1 heterocycles. The number of hydrogen-bond acceptors (Lipinski definition) is 4. The van der Waals surface area contributed by atoms with Crippen LogP contribution < -0.4 is 5.32 Å². The van der Waals surface area contributed by atoms with Crippen molar-refractivity contribution in [2.24, 2.45) is 5.10 Å². The van der Waals surface area contributed by atoms with E-state index in [4.69, 9.17) is 23.2 Å². The molecular formula is C21H15Cl2N3O3S. The molecule has 30 heavy (non-hydrogen) atoms. The molecule has 3 aromatic carbocycles. The number of anilines is 1. The summed E-state index contributed by atoms with van der Waals surface area (Å²) in [5.74, 6) is -0.533. The third kappa shape index (κ3) is 4.05. The zero-order valence-corrected chi connectivity index (χ0v) is 17.7. The van der Waals surface area contributed by atoms with Gasteiger partial charge in [-0.1, -0.05) is 53.5 Å². The summed E-state index contributed by atoms with van der Waals surface area (Å²) in [5, 5.41) is 7.87. The van der Waals surface area contributed by atoms with Crippen molar-refractivity contribution in [3.8, 4) is 0 Å². The Morgan fingerprint density at radius 1 is 0.933 bits per heavy atom. The summed E-state index contributed by atoms with van der Waals surface area (Å²) in [4.78, 5) is 12.6. The highest BCUT2D eigenvalue weighted by Gasteiger charge is 2.34. The Balaban J connectivity index is 1.71. The van der Waals surface area contributed by atoms with E-state index >= 15 is 0 Å². The predicted octanol–water partition coefficient (Wildman–Crippen LogP) is 4.39. The SMILES string of the molecule is O=C(CN1N=C(c2ccccc2)c2cc(Cl)ccc2S1(=O)=O)Nc1ccc(Cl)cc1. The number of nitrogens with zero attached hydrogens (tertiary/aromatic N) is 2. The maximum atomic E-state index is 13.1. The number of benzene rings is 3. The van der Waals surface area contributed by atoms with Gasteiger partial charge in [-0.05, 0) is 42.5 Å². The molecule has 0 saturated heterocycles. The number of carbonyl (C=O) groups excluding carboxylic acids is 1. The van der Waals surface area contributed by atoms with E-state index < -0.39 is 22.5 Å². The standard InChI is InChI=1S/C21H15Cl2N3O3S/c22-15-6-9-17(10-7-15)24-20(27)13-26-25-21(14-4-2-1-3-5-14)18-12-16(23)8-11-19(18)30(26,28)29/h1-12H,13H2,(H,24,27). The highest BCUT2D eigenvalue weighted by atomic mass is 35.5. The molecule has 4 rings (SSSR count). The first-order valence-electron chi connectivity index (χ1n) is 8.87. The Bertz CT molecular complexity index is 1240. The van der Waals surface area contributed by atoms with Crippen molar-refractivity contribution in [2.75, 3.05) is 11.9 Å². The predicted molar refractivity (Wildman–Crippen MR) is 118 cm³/mol. The molecule has 9 heteroatoms. The van der Waals surface area contributed by atoms with Crippen LogP contribution in [0.1, 0.15) is 11.1 Å². The quantitative estimate of drug-likeness (QED) is 0.628. The average molecular weight is 460 g/mol. The third-order valence-corrected chi connectivity index (χ3v) is 6.58. The Morgan fingerprint density at radius 3 is 2.30 bits per heavy atom. The van der Waals surface area contributed by atoms with Crippen LogP contribution in [-0.4, -0.2) is 31.0 Å². The van der Waals surface area contributed by atoms with Gasteiger partial charge in [-0.15, -0.1) is 0 Å². The van der Waals surface area contributed by atoms with Crippen molar-refractivity contribution in [2.45, 2.75) is 4.90 Å². The van der Waals surface area contributed by atoms with Crippen LogP contribution in [-0.2, 0) is 14.8 Å². The van der Waals surface area contributed by atoms with Crippen molar-refractivity contribution in [3.05, 3.63) is 94.0 Å². The van der Waals surface area contributed by atoms with Crippen molar-refractivity contribution in [1.29, 1.82) is 0 Å². The molecule has 0 atom stereocenters. The van der Waals surface area contributed by atoms with E-state index in [9.17, 15) is 13.2 Å². The monoisotopic (exact) mass is 459 g/mol. The largest absolute Gasteiger partial charge is 0.324 e. The third-order valence-electron chi connectivity index (χ3n) is 4.42. The molecule has 1 N–H and O–H groups in total. The lowest BCUT2D eigenvalue weighted by Crippen LogP contribution is -2.38. The number of carbonyl (C=O) groups is 1. The minimum absolute atomic E-state index is 0.0417. The Morgan fingerprint density at radius 2 is 1.60 bits per heavy atom. The maximum absolute atomic E-state index is 13.1. The van der Waals surface area contributed by atoms with E-state index in [1.807, 2.05) is 30.3 Å². The van der Waals surface area contributed by atoms with Gasteiger partial charge < -0.3 is 5.32 Å². The molecule has 1 aliphatic rings. The second kappa shape index (κ2) is 8.10. The molecule has 6 nitrogen and oxygen atoms in total. The molecule has 0 aromatic heterocycles. The van der Waals surface area contributed by atoms with Gasteiger partial charge in [0, 0.05) is 26.9 Å². The van der Waals surface area contributed by atoms with Crippen LogP contribution >= 0.6 is 23.2 Å². The summed E-state index contributed by atoms with van der Waals surface area (Å²) >= 11 is 12.0. The van der Waals surface area contributed by atoms with Crippen LogP contribution in [0, 0.1) is 0 Å². The van der Waals surface area contributed by atoms with Crippen LogP contribution in [0.25, 0.3) is 0 Å². The zero-order chi connectivity index (χ0) is 21.3. The highest BCUT2D eigenvalue weighted by molar-refractivity contribution is 7.89. The molecule has 3 aromatic rings. The first-order valence-corrected chi connectivity index (χ1v) is 11.1. The number of rotatable bonds is 4. The highest BCUT2D eigenvalue weighted by Crippen LogP contribution is 2.31. The second-order valence-corrected chi connectivity index (χ2v) is 9.18. The lowest BCUT2D eigenvalue weighted by molar-refractivity contribution is -0.116. The van der Waals surface area contributed by atoms with E-state index in [0.717, 1.165) is 4.41 Å². The Kier molecular flexibility index (Phi) is 5.51. The average Bonchev–Trinajstić information content (AvgIpc) is 2.72. The molecule has 1 aliphatic heterocycles. The topological polar surface area (TPSA) is 78.8 Å². The number of hydrogen-bond donors (Lipinski definition) is 1. The Labute approximate surface area is 183 Å². The van der Waals surface area contributed by atoms with Gasteiger partial charge in [-0.3, -0.25) is 4.79 Å². The minimum Gasteiger partial charge on any atom is -0.324 e. The maximum Gasteiger partial charge on any atom is 0.280 e. The van der Waals surface area contributed by atoms with E-state index in [1.165, 1.54) is 12.1 Å². The van der Waals surface area contributed by atoms with Crippen molar-refractivity contribution < 1.29 is 13.2 Å². The van der Waals surface area contributed by atoms with Crippen LogP contribution in [0.15, 0.2) is 82.8 Å². The van der Waals surface area contributed by atoms with Gasteiger partial charge in [0.25, 0.3) is 10.0 Å². The molecular weight excluding hydrogens is 445 g/mol. The van der Waals surface area contributed by atoms with Crippen LogP contribution in [0.4, 0.5) is 5.69 Å².